The van der Waals surface area contributed by atoms with Crippen LogP contribution in [-0.2, 0) is 4.74 Å². The monoisotopic (exact) mass is 323 g/mol. The van der Waals surface area contributed by atoms with Gasteiger partial charge in [-0.05, 0) is 18.6 Å². The van der Waals surface area contributed by atoms with Crippen molar-refractivity contribution >= 4 is 11.8 Å². The van der Waals surface area contributed by atoms with E-state index in [1.165, 1.54) is 25.3 Å². The van der Waals surface area contributed by atoms with Crippen LogP contribution in [0.1, 0.15) is 6.42 Å². The zero-order valence-corrected chi connectivity index (χ0v) is 12.6. The van der Waals surface area contributed by atoms with Gasteiger partial charge in [0.2, 0.25) is 0 Å². The van der Waals surface area contributed by atoms with E-state index in [4.69, 9.17) is 9.26 Å². The lowest BCUT2D eigenvalue weighted by molar-refractivity contribution is 0.161. The van der Waals surface area contributed by atoms with Crippen molar-refractivity contribution in [3.63, 3.8) is 0 Å². The van der Waals surface area contributed by atoms with E-state index in [9.17, 15) is 14.3 Å². The van der Waals surface area contributed by atoms with Gasteiger partial charge >= 0.3 is 6.03 Å². The number of benzene rings is 1. The second-order valence-corrected chi connectivity index (χ2v) is 4.85. The molecule has 124 valence electrons. The first kappa shape index (κ1) is 16.9. The van der Waals surface area contributed by atoms with Crippen LogP contribution in [0.4, 0.5) is 15.0 Å². The van der Waals surface area contributed by atoms with Gasteiger partial charge in [0.05, 0.1) is 12.6 Å². The molecule has 2 aromatic rings. The van der Waals surface area contributed by atoms with Crippen LogP contribution >= 0.6 is 0 Å². The molecule has 0 saturated heterocycles. The van der Waals surface area contributed by atoms with Gasteiger partial charge in [0, 0.05) is 25.3 Å². The number of aliphatic hydroxyl groups is 1. The summed E-state index contributed by atoms with van der Waals surface area (Å²) in [6.07, 6.45) is 0.480. The quantitative estimate of drug-likeness (QED) is 0.724. The molecule has 1 heterocycles. The average molecular weight is 323 g/mol. The van der Waals surface area contributed by atoms with Crippen molar-refractivity contribution in [1.29, 1.82) is 0 Å². The number of aromatic nitrogens is 1. The predicted molar refractivity (Wildman–Crippen MR) is 81.4 cm³/mol. The van der Waals surface area contributed by atoms with E-state index >= 15 is 0 Å². The number of carbonyl (C=O) groups is 1. The number of aliphatic hydroxyl groups excluding tert-OH is 1. The number of nitrogens with one attached hydrogen (secondary N) is 2. The number of rotatable bonds is 7. The van der Waals surface area contributed by atoms with Gasteiger partial charge in [0.25, 0.3) is 0 Å². The summed E-state index contributed by atoms with van der Waals surface area (Å²) in [6, 6.07) is 6.37. The largest absolute Gasteiger partial charge is 0.394 e. The number of ether oxygens (including phenoxy) is 1. The van der Waals surface area contributed by atoms with Gasteiger partial charge in [-0.15, -0.1) is 0 Å². The minimum atomic E-state index is -0.528. The van der Waals surface area contributed by atoms with Crippen molar-refractivity contribution in [3.8, 4) is 11.3 Å². The van der Waals surface area contributed by atoms with Crippen LogP contribution in [0.25, 0.3) is 11.3 Å². The van der Waals surface area contributed by atoms with Gasteiger partial charge in [0.15, 0.2) is 11.6 Å². The molecule has 0 fully saturated rings. The molecule has 0 spiro atoms. The molecular formula is C15H18FN3O4. The summed E-state index contributed by atoms with van der Waals surface area (Å²) < 4.78 is 23.1. The molecule has 23 heavy (non-hydrogen) atoms. The van der Waals surface area contributed by atoms with Crippen LogP contribution < -0.4 is 10.6 Å². The van der Waals surface area contributed by atoms with Crippen molar-refractivity contribution < 1.29 is 23.6 Å². The van der Waals surface area contributed by atoms with E-state index < -0.39 is 17.9 Å². The summed E-state index contributed by atoms with van der Waals surface area (Å²) in [5.74, 6) is 0.123. The highest BCUT2D eigenvalue weighted by Gasteiger charge is 2.14. The Morgan fingerprint density at radius 3 is 3.00 bits per heavy atom. The third-order valence-electron chi connectivity index (χ3n) is 3.09. The number of hydrogen-bond donors (Lipinski definition) is 3. The van der Waals surface area contributed by atoms with Crippen molar-refractivity contribution in [2.24, 2.45) is 0 Å². The molecular weight excluding hydrogens is 305 g/mol. The molecule has 2 amide bonds. The summed E-state index contributed by atoms with van der Waals surface area (Å²) in [5.41, 5.74) is 0.513. The fourth-order valence-corrected chi connectivity index (χ4v) is 1.92. The lowest BCUT2D eigenvalue weighted by atomic mass is 10.2. The molecule has 8 heteroatoms. The van der Waals surface area contributed by atoms with Gasteiger partial charge in [-0.3, -0.25) is 5.32 Å². The van der Waals surface area contributed by atoms with Crippen LogP contribution in [0.2, 0.25) is 0 Å². The van der Waals surface area contributed by atoms with Crippen molar-refractivity contribution in [2.75, 3.05) is 25.6 Å². The number of halogens is 1. The Morgan fingerprint density at radius 1 is 1.48 bits per heavy atom. The molecule has 7 nitrogen and oxygen atoms in total. The van der Waals surface area contributed by atoms with E-state index in [2.05, 4.69) is 15.8 Å². The van der Waals surface area contributed by atoms with Crippen LogP contribution in [0.15, 0.2) is 34.9 Å². The van der Waals surface area contributed by atoms with E-state index in [1.807, 2.05) is 0 Å². The zero-order chi connectivity index (χ0) is 16.7. The molecule has 1 aromatic carbocycles. The highest BCUT2D eigenvalue weighted by molar-refractivity contribution is 5.88. The Morgan fingerprint density at radius 2 is 2.30 bits per heavy atom. The molecule has 0 aliphatic heterocycles. The number of anilines is 1. The molecule has 0 aliphatic carbocycles. The highest BCUT2D eigenvalue weighted by atomic mass is 19.1. The number of hydrogen-bond acceptors (Lipinski definition) is 5. The van der Waals surface area contributed by atoms with Crippen LogP contribution in [0.5, 0.6) is 0 Å². The molecule has 0 aliphatic rings. The fourth-order valence-electron chi connectivity index (χ4n) is 1.92. The minimum absolute atomic E-state index is 0.185. The van der Waals surface area contributed by atoms with Gasteiger partial charge in [-0.1, -0.05) is 17.3 Å². The maximum Gasteiger partial charge on any atom is 0.320 e. The Bertz CT molecular complexity index is 647. The normalized spacial score (nSPS) is 12.0. The van der Waals surface area contributed by atoms with Crippen molar-refractivity contribution in [2.45, 2.75) is 12.5 Å². The molecule has 1 aromatic heterocycles. The third-order valence-corrected chi connectivity index (χ3v) is 3.09. The van der Waals surface area contributed by atoms with E-state index in [0.717, 1.165) is 0 Å². The second-order valence-electron chi connectivity index (χ2n) is 4.85. The lowest BCUT2D eigenvalue weighted by Gasteiger charge is -2.15. The van der Waals surface area contributed by atoms with Crippen molar-refractivity contribution in [1.82, 2.24) is 10.5 Å². The second kappa shape index (κ2) is 8.25. The smallest absolute Gasteiger partial charge is 0.320 e. The molecule has 0 radical (unpaired) electrons. The Balaban J connectivity index is 1.94. The molecule has 1 atom stereocenters. The maximum atomic E-state index is 13.2. The summed E-state index contributed by atoms with van der Waals surface area (Å²) in [5, 5.41) is 18.0. The lowest BCUT2D eigenvalue weighted by Crippen LogP contribution is -2.40. The molecule has 3 N–H and O–H groups in total. The number of carbonyl (C=O) groups excluding carboxylic acids is 1. The van der Waals surface area contributed by atoms with E-state index in [1.54, 1.807) is 12.1 Å². The predicted octanol–water partition coefficient (Wildman–Crippen LogP) is 2.00. The number of nitrogens with zero attached hydrogens (tertiary/aromatic N) is 1. The first-order chi connectivity index (χ1) is 11.1. The molecule has 2 rings (SSSR count). The van der Waals surface area contributed by atoms with Gasteiger partial charge < -0.3 is 19.7 Å². The first-order valence-electron chi connectivity index (χ1n) is 7.02. The highest BCUT2D eigenvalue weighted by Crippen LogP contribution is 2.22. The summed E-state index contributed by atoms with van der Waals surface area (Å²) in [6.45, 7) is 0.212. The summed E-state index contributed by atoms with van der Waals surface area (Å²) in [7, 11) is 1.54. The first-order valence-corrected chi connectivity index (χ1v) is 7.02. The van der Waals surface area contributed by atoms with Crippen LogP contribution in [-0.4, -0.2) is 42.7 Å². The SMILES string of the molecule is COCC[C@@H](CO)NC(=O)Nc1cc(-c2cccc(F)c2)on1. The average Bonchev–Trinajstić information content (AvgIpc) is 2.99. The van der Waals surface area contributed by atoms with Gasteiger partial charge in [0.1, 0.15) is 5.82 Å². The minimum Gasteiger partial charge on any atom is -0.394 e. The van der Waals surface area contributed by atoms with E-state index in [-0.39, 0.29) is 12.4 Å². The fraction of sp³-hybridized carbons (Fsp3) is 0.333. The van der Waals surface area contributed by atoms with Gasteiger partial charge in [-0.2, -0.15) is 0 Å². The van der Waals surface area contributed by atoms with Crippen LogP contribution in [0, 0.1) is 5.82 Å². The van der Waals surface area contributed by atoms with Crippen LogP contribution in [0.3, 0.4) is 0 Å². The van der Waals surface area contributed by atoms with Crippen molar-refractivity contribution in [3.05, 3.63) is 36.1 Å². The summed E-state index contributed by atoms with van der Waals surface area (Å²) in [4.78, 5) is 11.8. The Kier molecular flexibility index (Phi) is 6.07. The molecule has 0 saturated carbocycles. The number of amides is 2. The topological polar surface area (TPSA) is 96.6 Å². The molecule has 0 unspecified atom stereocenters. The Labute approximate surface area is 132 Å². The van der Waals surface area contributed by atoms with Gasteiger partial charge in [-0.25, -0.2) is 9.18 Å². The number of urea groups is 1. The standard InChI is InChI=1S/C15H18FN3O4/c1-22-6-5-12(9-20)17-15(21)18-14-8-13(23-19-14)10-3-2-4-11(16)7-10/h2-4,7-8,12,20H,5-6,9H2,1H3,(H2,17,18,19,21)/t12-/m0/s1. The maximum absolute atomic E-state index is 13.2. The third kappa shape index (κ3) is 5.04. The number of methoxy groups -OCH3 is 1. The van der Waals surface area contributed by atoms with E-state index in [0.29, 0.717) is 24.4 Å². The zero-order valence-electron chi connectivity index (χ0n) is 12.6. The summed E-state index contributed by atoms with van der Waals surface area (Å²) >= 11 is 0. The molecule has 0 bridgehead atoms. The Hall–Kier alpha value is -2.45.